The zero-order chi connectivity index (χ0) is 18.6. The average Bonchev–Trinajstić information content (AvgIpc) is 2.52. The zero-order valence-electron chi connectivity index (χ0n) is 13.3. The van der Waals surface area contributed by atoms with E-state index in [-0.39, 0.29) is 24.1 Å². The number of aromatic nitrogens is 2. The number of para-hydroxylation sites is 1. The lowest BCUT2D eigenvalue weighted by molar-refractivity contribution is -0.141. The summed E-state index contributed by atoms with van der Waals surface area (Å²) in [6.07, 6.45) is -4.64. The molecule has 0 atom stereocenters. The summed E-state index contributed by atoms with van der Waals surface area (Å²) >= 11 is 0. The van der Waals surface area contributed by atoms with Crippen LogP contribution in [0, 0.1) is 0 Å². The smallest absolute Gasteiger partial charge is 0.433 e. The number of rotatable bonds is 6. The molecule has 25 heavy (non-hydrogen) atoms. The first-order valence-electron chi connectivity index (χ1n) is 7.07. The van der Waals surface area contributed by atoms with E-state index < -0.39 is 18.5 Å². The second-order valence-corrected chi connectivity index (χ2v) is 5.17. The van der Waals surface area contributed by atoms with Gasteiger partial charge in [0.25, 0.3) is 0 Å². The minimum atomic E-state index is -4.64. The van der Waals surface area contributed by atoms with Crippen molar-refractivity contribution in [3.63, 3.8) is 0 Å². The summed E-state index contributed by atoms with van der Waals surface area (Å²) in [7, 11) is 3.08. The zero-order valence-corrected chi connectivity index (χ0v) is 13.3. The van der Waals surface area contributed by atoms with E-state index in [4.69, 9.17) is 0 Å². The average molecular weight is 362 g/mol. The van der Waals surface area contributed by atoms with Crippen molar-refractivity contribution in [1.29, 1.82) is 0 Å². The van der Waals surface area contributed by atoms with Crippen molar-refractivity contribution < 1.29 is 26.7 Å². The molecule has 0 saturated carbocycles. The van der Waals surface area contributed by atoms with Gasteiger partial charge in [0.1, 0.15) is 11.6 Å². The van der Waals surface area contributed by atoms with Crippen molar-refractivity contribution in [2.45, 2.75) is 19.3 Å². The van der Waals surface area contributed by atoms with E-state index >= 15 is 0 Å². The lowest BCUT2D eigenvalue weighted by Crippen LogP contribution is -2.17. The Kier molecular flexibility index (Phi) is 5.60. The molecule has 0 fully saturated rings. The topological polar surface area (TPSA) is 50.3 Å². The summed E-state index contributed by atoms with van der Waals surface area (Å²) in [6, 6.07) is 6.76. The highest BCUT2D eigenvalue weighted by Crippen LogP contribution is 2.30. The summed E-state index contributed by atoms with van der Waals surface area (Å²) in [5.41, 5.74) is -0.777. The molecule has 1 N–H and O–H groups in total. The Hall–Kier alpha value is -2.65. The lowest BCUT2D eigenvalue weighted by atomic mass is 10.2. The number of ether oxygens (including phenoxy) is 1. The van der Waals surface area contributed by atoms with E-state index in [9.17, 15) is 22.0 Å². The minimum Gasteiger partial charge on any atom is -0.434 e. The molecule has 10 heteroatoms. The molecule has 0 unspecified atom stereocenters. The van der Waals surface area contributed by atoms with Crippen molar-refractivity contribution in [1.82, 2.24) is 9.97 Å². The minimum absolute atomic E-state index is 0.0574. The van der Waals surface area contributed by atoms with Crippen LogP contribution in [0.15, 0.2) is 30.3 Å². The number of hydrogen-bond acceptors (Lipinski definition) is 5. The molecule has 2 aromatic rings. The van der Waals surface area contributed by atoms with Crippen molar-refractivity contribution in [3.8, 4) is 5.75 Å². The second kappa shape index (κ2) is 7.49. The predicted octanol–water partition coefficient (Wildman–Crippen LogP) is 3.77. The Bertz CT molecular complexity index is 721. The van der Waals surface area contributed by atoms with Crippen LogP contribution in [-0.2, 0) is 12.7 Å². The summed E-state index contributed by atoms with van der Waals surface area (Å²) in [4.78, 5) is 8.80. The van der Waals surface area contributed by atoms with Gasteiger partial charge in [-0.15, -0.1) is 0 Å². The number of anilines is 2. The SMILES string of the molecule is CN(C)c1cc(C(F)(F)F)nc(NCc2ccccc2OC(F)F)n1. The molecule has 0 aliphatic heterocycles. The van der Waals surface area contributed by atoms with Gasteiger partial charge < -0.3 is 15.0 Å². The number of nitrogens with one attached hydrogen (secondary N) is 1. The number of alkyl halides is 5. The van der Waals surface area contributed by atoms with Gasteiger partial charge in [-0.25, -0.2) is 4.98 Å². The maximum absolute atomic E-state index is 12.9. The third-order valence-electron chi connectivity index (χ3n) is 3.09. The molecule has 1 aromatic carbocycles. The maximum atomic E-state index is 12.9. The highest BCUT2D eigenvalue weighted by molar-refractivity contribution is 5.45. The van der Waals surface area contributed by atoms with Gasteiger partial charge in [0.15, 0.2) is 5.69 Å². The fraction of sp³-hybridized carbons (Fsp3) is 0.333. The number of nitrogens with zero attached hydrogens (tertiary/aromatic N) is 3. The van der Waals surface area contributed by atoms with Crippen molar-refractivity contribution >= 4 is 11.8 Å². The number of benzene rings is 1. The summed E-state index contributed by atoms with van der Waals surface area (Å²) in [6.45, 7) is -3.09. The van der Waals surface area contributed by atoms with E-state index in [1.807, 2.05) is 0 Å². The number of halogens is 5. The first-order valence-corrected chi connectivity index (χ1v) is 7.07. The first-order chi connectivity index (χ1) is 11.7. The van der Waals surface area contributed by atoms with Crippen molar-refractivity contribution in [2.75, 3.05) is 24.3 Å². The predicted molar refractivity (Wildman–Crippen MR) is 81.8 cm³/mol. The fourth-order valence-electron chi connectivity index (χ4n) is 1.92. The molecule has 1 aromatic heterocycles. The molecule has 0 aliphatic carbocycles. The normalized spacial score (nSPS) is 11.5. The lowest BCUT2D eigenvalue weighted by Gasteiger charge is -2.16. The quantitative estimate of drug-likeness (QED) is 0.793. The Balaban J connectivity index is 2.25. The van der Waals surface area contributed by atoms with Crippen LogP contribution in [0.4, 0.5) is 33.7 Å². The van der Waals surface area contributed by atoms with Crippen LogP contribution < -0.4 is 15.0 Å². The van der Waals surface area contributed by atoms with Crippen LogP contribution >= 0.6 is 0 Å². The highest BCUT2D eigenvalue weighted by Gasteiger charge is 2.34. The van der Waals surface area contributed by atoms with Gasteiger partial charge in [-0.2, -0.15) is 26.9 Å². The molecule has 1 heterocycles. The maximum Gasteiger partial charge on any atom is 0.433 e. The van der Waals surface area contributed by atoms with E-state index in [1.165, 1.54) is 37.2 Å². The van der Waals surface area contributed by atoms with Gasteiger partial charge in [-0.05, 0) is 6.07 Å². The molecule has 0 spiro atoms. The highest BCUT2D eigenvalue weighted by atomic mass is 19.4. The molecular weight excluding hydrogens is 347 g/mol. The van der Waals surface area contributed by atoms with Crippen LogP contribution in [0.3, 0.4) is 0 Å². The Morgan fingerprint density at radius 3 is 2.44 bits per heavy atom. The van der Waals surface area contributed by atoms with Gasteiger partial charge in [-0.3, -0.25) is 0 Å². The van der Waals surface area contributed by atoms with Gasteiger partial charge in [0.05, 0.1) is 0 Å². The van der Waals surface area contributed by atoms with Gasteiger partial charge in [-0.1, -0.05) is 18.2 Å². The summed E-state index contributed by atoms with van der Waals surface area (Å²) in [5, 5.41) is 2.61. The molecule has 2 rings (SSSR count). The standard InChI is InChI=1S/C15H15F5N4O/c1-24(2)12-7-11(15(18,19)20)22-14(23-12)21-8-9-5-3-4-6-10(9)25-13(16)17/h3-7,13H,8H2,1-2H3,(H,21,22,23). The Morgan fingerprint density at radius 2 is 1.84 bits per heavy atom. The van der Waals surface area contributed by atoms with Crippen LogP contribution in [0.5, 0.6) is 5.75 Å². The van der Waals surface area contributed by atoms with E-state index in [0.717, 1.165) is 6.07 Å². The van der Waals surface area contributed by atoms with E-state index in [0.29, 0.717) is 5.56 Å². The monoisotopic (exact) mass is 362 g/mol. The Morgan fingerprint density at radius 1 is 1.16 bits per heavy atom. The van der Waals surface area contributed by atoms with Crippen molar-refractivity contribution in [2.24, 2.45) is 0 Å². The molecule has 0 amide bonds. The fourth-order valence-corrected chi connectivity index (χ4v) is 1.92. The van der Waals surface area contributed by atoms with Crippen LogP contribution in [0.1, 0.15) is 11.3 Å². The number of hydrogen-bond donors (Lipinski definition) is 1. The second-order valence-electron chi connectivity index (χ2n) is 5.17. The molecule has 136 valence electrons. The molecule has 0 aliphatic rings. The van der Waals surface area contributed by atoms with Gasteiger partial charge in [0.2, 0.25) is 5.95 Å². The molecule has 0 saturated heterocycles. The molecular formula is C15H15F5N4O. The first kappa shape index (κ1) is 18.7. The molecule has 0 radical (unpaired) electrons. The largest absolute Gasteiger partial charge is 0.434 e. The third-order valence-corrected chi connectivity index (χ3v) is 3.09. The van der Waals surface area contributed by atoms with E-state index in [2.05, 4.69) is 20.0 Å². The molecule has 0 bridgehead atoms. The van der Waals surface area contributed by atoms with E-state index in [1.54, 1.807) is 6.07 Å². The van der Waals surface area contributed by atoms with Crippen LogP contribution in [0.25, 0.3) is 0 Å². The summed E-state index contributed by atoms with van der Waals surface area (Å²) in [5.74, 6) is -0.294. The third kappa shape index (κ3) is 5.16. The van der Waals surface area contributed by atoms with Crippen LogP contribution in [-0.4, -0.2) is 30.7 Å². The molecule has 5 nitrogen and oxygen atoms in total. The van der Waals surface area contributed by atoms with Gasteiger partial charge >= 0.3 is 12.8 Å². The Labute approximate surface area is 140 Å². The van der Waals surface area contributed by atoms with Crippen molar-refractivity contribution in [3.05, 3.63) is 41.6 Å². The summed E-state index contributed by atoms with van der Waals surface area (Å²) < 4.78 is 68.0. The van der Waals surface area contributed by atoms with Gasteiger partial charge in [0, 0.05) is 32.3 Å². The van der Waals surface area contributed by atoms with Crippen LogP contribution in [0.2, 0.25) is 0 Å².